The van der Waals surface area contributed by atoms with E-state index >= 15 is 0 Å². The molecule has 0 unspecified atom stereocenters. The van der Waals surface area contributed by atoms with Crippen LogP contribution in [0, 0.1) is 6.92 Å². The van der Waals surface area contributed by atoms with Crippen molar-refractivity contribution in [3.63, 3.8) is 0 Å². The Morgan fingerprint density at radius 2 is 1.82 bits per heavy atom. The van der Waals surface area contributed by atoms with Crippen LogP contribution in [0.25, 0.3) is 10.9 Å². The minimum atomic E-state index is 0.332. The normalized spacial score (nSPS) is 11.3. The molecule has 0 saturated carbocycles. The zero-order chi connectivity index (χ0) is 15.7. The molecule has 3 nitrogen and oxygen atoms in total. The molecule has 114 valence electrons. The summed E-state index contributed by atoms with van der Waals surface area (Å²) in [6, 6.07) is 16.7. The van der Waals surface area contributed by atoms with E-state index in [0.29, 0.717) is 12.6 Å². The summed E-state index contributed by atoms with van der Waals surface area (Å²) in [5.41, 5.74) is 10.5. The Bertz CT molecular complexity index is 785. The number of nitrogens with zero attached hydrogens (tertiary/aromatic N) is 1. The van der Waals surface area contributed by atoms with Crippen LogP contribution >= 0.6 is 0 Å². The molecule has 2 N–H and O–H groups in total. The molecule has 3 heteroatoms. The predicted octanol–water partition coefficient (Wildman–Crippen LogP) is 4.69. The van der Waals surface area contributed by atoms with Crippen LogP contribution in [0.2, 0.25) is 0 Å². The van der Waals surface area contributed by atoms with Gasteiger partial charge >= 0.3 is 0 Å². The molecule has 0 radical (unpaired) electrons. The van der Waals surface area contributed by atoms with Crippen LogP contribution in [0.3, 0.4) is 0 Å². The van der Waals surface area contributed by atoms with Crippen LogP contribution in [0.1, 0.15) is 31.1 Å². The van der Waals surface area contributed by atoms with Gasteiger partial charge < -0.3 is 15.0 Å². The van der Waals surface area contributed by atoms with E-state index < -0.39 is 0 Å². The topological polar surface area (TPSA) is 40.2 Å². The Hall–Kier alpha value is -2.42. The number of nitrogens with two attached hydrogens (primary N) is 1. The molecular weight excluding hydrogens is 272 g/mol. The second kappa shape index (κ2) is 5.76. The Morgan fingerprint density at radius 1 is 1.09 bits per heavy atom. The van der Waals surface area contributed by atoms with Gasteiger partial charge in [-0.15, -0.1) is 0 Å². The maximum atomic E-state index is 6.17. The highest BCUT2D eigenvalue weighted by Crippen LogP contribution is 2.29. The first-order chi connectivity index (χ1) is 10.6. The highest BCUT2D eigenvalue weighted by atomic mass is 16.5. The van der Waals surface area contributed by atoms with Crippen molar-refractivity contribution in [1.29, 1.82) is 0 Å². The van der Waals surface area contributed by atoms with E-state index in [0.717, 1.165) is 28.0 Å². The molecule has 0 atom stereocenters. The number of fused-ring (bicyclic) bond motifs is 1. The molecule has 0 aliphatic carbocycles. The number of ether oxygens (including phenoxy) is 1. The summed E-state index contributed by atoms with van der Waals surface area (Å²) in [5.74, 6) is 0.888. The second-order valence-electron chi connectivity index (χ2n) is 5.99. The third kappa shape index (κ3) is 2.67. The molecule has 3 rings (SSSR count). The molecule has 0 fully saturated rings. The van der Waals surface area contributed by atoms with Crippen LogP contribution < -0.4 is 10.5 Å². The third-order valence-electron chi connectivity index (χ3n) is 3.89. The summed E-state index contributed by atoms with van der Waals surface area (Å²) >= 11 is 0. The maximum absolute atomic E-state index is 6.17. The standard InChI is InChI=1S/C19H22N2O/c1-13(2)21-16(11-15-5-4-6-18(20)19(15)21)12-22-17-9-7-14(3)8-10-17/h4-11,13H,12,20H2,1-3H3. The van der Waals surface area contributed by atoms with Crippen molar-refractivity contribution in [2.24, 2.45) is 0 Å². The lowest BCUT2D eigenvalue weighted by Crippen LogP contribution is -2.09. The van der Waals surface area contributed by atoms with Crippen LogP contribution in [-0.2, 0) is 6.61 Å². The first-order valence-electron chi connectivity index (χ1n) is 7.64. The molecule has 0 spiro atoms. The van der Waals surface area contributed by atoms with E-state index in [9.17, 15) is 0 Å². The highest BCUT2D eigenvalue weighted by Gasteiger charge is 2.14. The second-order valence-corrected chi connectivity index (χ2v) is 5.99. The molecule has 3 aromatic rings. The van der Waals surface area contributed by atoms with Crippen LogP contribution in [0.15, 0.2) is 48.5 Å². The van der Waals surface area contributed by atoms with E-state index in [1.807, 2.05) is 24.3 Å². The van der Waals surface area contributed by atoms with Gasteiger partial charge in [-0.25, -0.2) is 0 Å². The van der Waals surface area contributed by atoms with Gasteiger partial charge in [0.15, 0.2) is 0 Å². The summed E-state index contributed by atoms with van der Waals surface area (Å²) in [6.45, 7) is 6.95. The van der Waals surface area contributed by atoms with Gasteiger partial charge in [-0.2, -0.15) is 0 Å². The van der Waals surface area contributed by atoms with Crippen LogP contribution in [-0.4, -0.2) is 4.57 Å². The third-order valence-corrected chi connectivity index (χ3v) is 3.89. The Morgan fingerprint density at radius 3 is 2.50 bits per heavy atom. The monoisotopic (exact) mass is 294 g/mol. The lowest BCUT2D eigenvalue weighted by molar-refractivity contribution is 0.293. The van der Waals surface area contributed by atoms with E-state index in [1.165, 1.54) is 5.56 Å². The molecular formula is C19H22N2O. The number of hydrogen-bond donors (Lipinski definition) is 1. The van der Waals surface area contributed by atoms with Crippen molar-refractivity contribution in [2.75, 3.05) is 5.73 Å². The number of hydrogen-bond acceptors (Lipinski definition) is 2. The van der Waals surface area contributed by atoms with Gasteiger partial charge in [-0.1, -0.05) is 29.8 Å². The maximum Gasteiger partial charge on any atom is 0.128 e. The number of rotatable bonds is 4. The number of aryl methyl sites for hydroxylation is 1. The number of aromatic nitrogens is 1. The first kappa shape index (κ1) is 14.5. The minimum Gasteiger partial charge on any atom is -0.487 e. The van der Waals surface area contributed by atoms with Crippen molar-refractivity contribution < 1.29 is 4.74 Å². The largest absolute Gasteiger partial charge is 0.487 e. The smallest absolute Gasteiger partial charge is 0.128 e. The van der Waals surface area contributed by atoms with Crippen molar-refractivity contribution >= 4 is 16.6 Å². The van der Waals surface area contributed by atoms with E-state index in [1.54, 1.807) is 0 Å². The molecule has 22 heavy (non-hydrogen) atoms. The van der Waals surface area contributed by atoms with E-state index in [2.05, 4.69) is 49.6 Å². The summed E-state index contributed by atoms with van der Waals surface area (Å²) in [4.78, 5) is 0. The van der Waals surface area contributed by atoms with Gasteiger partial charge in [0.2, 0.25) is 0 Å². The minimum absolute atomic E-state index is 0.332. The molecule has 0 saturated heterocycles. The highest BCUT2D eigenvalue weighted by molar-refractivity contribution is 5.91. The fraction of sp³-hybridized carbons (Fsp3) is 0.263. The van der Waals surface area contributed by atoms with E-state index in [4.69, 9.17) is 10.5 Å². The summed E-state index contributed by atoms with van der Waals surface area (Å²) in [6.07, 6.45) is 0. The SMILES string of the molecule is Cc1ccc(OCc2cc3cccc(N)c3n2C(C)C)cc1. The van der Waals surface area contributed by atoms with Gasteiger partial charge in [0, 0.05) is 11.4 Å². The van der Waals surface area contributed by atoms with Gasteiger partial charge in [0.05, 0.1) is 16.9 Å². The van der Waals surface area contributed by atoms with Crippen molar-refractivity contribution in [3.8, 4) is 5.75 Å². The predicted molar refractivity (Wildman–Crippen MR) is 92.2 cm³/mol. The van der Waals surface area contributed by atoms with Gasteiger partial charge in [-0.3, -0.25) is 0 Å². The number of benzene rings is 2. The van der Waals surface area contributed by atoms with Crippen LogP contribution in [0.5, 0.6) is 5.75 Å². The molecule has 0 aliphatic rings. The van der Waals surface area contributed by atoms with Gasteiger partial charge in [-0.05, 0) is 45.0 Å². The lowest BCUT2D eigenvalue weighted by Gasteiger charge is -2.16. The van der Waals surface area contributed by atoms with Crippen molar-refractivity contribution in [1.82, 2.24) is 4.57 Å². The molecule has 2 aromatic carbocycles. The number of anilines is 1. The lowest BCUT2D eigenvalue weighted by atomic mass is 10.2. The average molecular weight is 294 g/mol. The molecule has 0 bridgehead atoms. The molecule has 1 aromatic heterocycles. The van der Waals surface area contributed by atoms with Gasteiger partial charge in [0.25, 0.3) is 0 Å². The quantitative estimate of drug-likeness (QED) is 0.709. The first-order valence-corrected chi connectivity index (χ1v) is 7.64. The van der Waals surface area contributed by atoms with E-state index in [-0.39, 0.29) is 0 Å². The Labute approximate surface area is 131 Å². The zero-order valence-electron chi connectivity index (χ0n) is 13.3. The van der Waals surface area contributed by atoms with Crippen molar-refractivity contribution in [3.05, 3.63) is 59.8 Å². The number of nitrogen functional groups attached to an aromatic ring is 1. The fourth-order valence-corrected chi connectivity index (χ4v) is 2.86. The van der Waals surface area contributed by atoms with Crippen molar-refractivity contribution in [2.45, 2.75) is 33.4 Å². The summed E-state index contributed by atoms with van der Waals surface area (Å²) in [5, 5.41) is 1.16. The number of para-hydroxylation sites is 1. The fourth-order valence-electron chi connectivity index (χ4n) is 2.86. The summed E-state index contributed by atoms with van der Waals surface area (Å²) in [7, 11) is 0. The molecule has 0 aliphatic heterocycles. The zero-order valence-corrected chi connectivity index (χ0v) is 13.3. The molecule has 1 heterocycles. The Kier molecular flexibility index (Phi) is 3.80. The molecule has 0 amide bonds. The average Bonchev–Trinajstić information content (AvgIpc) is 2.87. The van der Waals surface area contributed by atoms with Gasteiger partial charge in [0.1, 0.15) is 12.4 Å². The van der Waals surface area contributed by atoms with Crippen LogP contribution in [0.4, 0.5) is 5.69 Å². The summed E-state index contributed by atoms with van der Waals surface area (Å²) < 4.78 is 8.21. The Balaban J connectivity index is 1.94.